The number of aliphatic hydroxyl groups is 1. The van der Waals surface area contributed by atoms with Crippen molar-refractivity contribution in [2.75, 3.05) is 23.7 Å². The van der Waals surface area contributed by atoms with E-state index >= 15 is 0 Å². The Kier molecular flexibility index (Phi) is 3.84. The van der Waals surface area contributed by atoms with Crippen molar-refractivity contribution in [1.29, 1.82) is 0 Å². The molecule has 0 spiro atoms. The molecule has 0 fully saturated rings. The van der Waals surface area contributed by atoms with E-state index in [2.05, 4.69) is 9.48 Å². The molecule has 2 aliphatic rings. The number of benzene rings is 2. The molecular formula is C18H18ClN2OS+. The van der Waals surface area contributed by atoms with Crippen molar-refractivity contribution in [3.8, 4) is 0 Å². The zero-order chi connectivity index (χ0) is 15.9. The Morgan fingerprint density at radius 1 is 1.09 bits per heavy atom. The minimum Gasteiger partial charge on any atom is -0.346 e. The van der Waals surface area contributed by atoms with Crippen molar-refractivity contribution in [1.82, 2.24) is 0 Å². The summed E-state index contributed by atoms with van der Waals surface area (Å²) in [6, 6.07) is 17.6. The van der Waals surface area contributed by atoms with E-state index in [0.717, 1.165) is 35.1 Å². The maximum Gasteiger partial charge on any atom is 0.316 e. The number of para-hydroxylation sites is 1. The van der Waals surface area contributed by atoms with Gasteiger partial charge in [-0.25, -0.2) is 4.58 Å². The number of thioether (sulfide) groups is 1. The molecule has 0 radical (unpaired) electrons. The van der Waals surface area contributed by atoms with Crippen LogP contribution < -0.4 is 4.90 Å². The van der Waals surface area contributed by atoms with Gasteiger partial charge in [0.1, 0.15) is 5.69 Å². The second-order valence-corrected chi connectivity index (χ2v) is 7.40. The summed E-state index contributed by atoms with van der Waals surface area (Å²) in [5.74, 6) is 1.09. The zero-order valence-corrected chi connectivity index (χ0v) is 14.2. The first-order valence-corrected chi connectivity index (χ1v) is 9.13. The summed E-state index contributed by atoms with van der Waals surface area (Å²) in [4.78, 5) is 2.07. The molecule has 0 aromatic heterocycles. The van der Waals surface area contributed by atoms with Gasteiger partial charge in [0.2, 0.25) is 0 Å². The van der Waals surface area contributed by atoms with Crippen LogP contribution in [-0.4, -0.2) is 33.7 Å². The quantitative estimate of drug-likeness (QED) is 0.844. The minimum atomic E-state index is -1.07. The van der Waals surface area contributed by atoms with Crippen LogP contribution in [0.5, 0.6) is 0 Å². The molecule has 23 heavy (non-hydrogen) atoms. The highest BCUT2D eigenvalue weighted by atomic mass is 35.5. The topological polar surface area (TPSA) is 26.5 Å². The first kappa shape index (κ1) is 15.1. The lowest BCUT2D eigenvalue weighted by molar-refractivity contribution is -0.532. The highest BCUT2D eigenvalue weighted by Gasteiger charge is 2.55. The molecule has 0 saturated heterocycles. The number of nitrogens with zero attached hydrogens (tertiary/aromatic N) is 2. The fourth-order valence-electron chi connectivity index (χ4n) is 3.29. The van der Waals surface area contributed by atoms with Gasteiger partial charge in [-0.3, -0.25) is 0 Å². The lowest BCUT2D eigenvalue weighted by Gasteiger charge is -2.28. The Morgan fingerprint density at radius 3 is 2.57 bits per heavy atom. The van der Waals surface area contributed by atoms with E-state index in [1.54, 1.807) is 0 Å². The molecule has 0 saturated carbocycles. The molecule has 2 aromatic rings. The average Bonchev–Trinajstić information content (AvgIpc) is 2.89. The fraction of sp³-hybridized carbons (Fsp3) is 0.278. The smallest absolute Gasteiger partial charge is 0.316 e. The predicted octanol–water partition coefficient (Wildman–Crippen LogP) is 3.51. The number of amidine groups is 1. The summed E-state index contributed by atoms with van der Waals surface area (Å²) in [5.41, 5.74) is 0.809. The van der Waals surface area contributed by atoms with Crippen LogP contribution in [0.2, 0.25) is 5.02 Å². The van der Waals surface area contributed by atoms with Crippen LogP contribution in [0.4, 0.5) is 5.69 Å². The van der Waals surface area contributed by atoms with Gasteiger partial charge in [-0.05, 0) is 42.4 Å². The summed E-state index contributed by atoms with van der Waals surface area (Å²) in [6.45, 7) is 1.56. The number of anilines is 1. The number of hydrogen-bond acceptors (Lipinski definition) is 3. The Labute approximate surface area is 145 Å². The van der Waals surface area contributed by atoms with Crippen LogP contribution in [0.25, 0.3) is 0 Å². The van der Waals surface area contributed by atoms with E-state index in [1.807, 2.05) is 66.4 Å². The third kappa shape index (κ3) is 2.55. The number of rotatable bonds is 2. The van der Waals surface area contributed by atoms with Gasteiger partial charge in [0.15, 0.2) is 6.54 Å². The molecule has 2 heterocycles. The van der Waals surface area contributed by atoms with Crippen LogP contribution in [0.3, 0.4) is 0 Å². The van der Waals surface area contributed by atoms with Crippen molar-refractivity contribution >= 4 is 34.2 Å². The summed E-state index contributed by atoms with van der Waals surface area (Å²) >= 11 is 7.84. The lowest BCUT2D eigenvalue weighted by atomic mass is 10.0. The van der Waals surface area contributed by atoms with E-state index in [1.165, 1.54) is 0 Å². The largest absolute Gasteiger partial charge is 0.346 e. The van der Waals surface area contributed by atoms with E-state index in [4.69, 9.17) is 11.6 Å². The molecule has 2 aliphatic heterocycles. The SMILES string of the molecule is OC1(c2ccc(Cl)cc2)C[N+]2=C(SCCC2)N1c1ccccc1. The standard InChI is InChI=1S/C18H18ClN2OS/c19-15-9-7-14(8-10-15)18(22)13-20-11-4-12-23-17(20)21(18)16-5-2-1-3-6-16/h1-3,5-10,22H,4,11-13H2/q+1. The second kappa shape index (κ2) is 5.86. The van der Waals surface area contributed by atoms with E-state index in [9.17, 15) is 5.11 Å². The molecule has 1 N–H and O–H groups in total. The molecular weight excluding hydrogens is 328 g/mol. The van der Waals surface area contributed by atoms with Crippen LogP contribution in [0, 0.1) is 0 Å². The van der Waals surface area contributed by atoms with Gasteiger partial charge in [-0.15, -0.1) is 0 Å². The molecule has 4 rings (SSSR count). The number of halogens is 1. The summed E-state index contributed by atoms with van der Waals surface area (Å²) in [6.07, 6.45) is 1.15. The third-order valence-corrected chi connectivity index (χ3v) is 5.81. The maximum atomic E-state index is 11.6. The molecule has 2 aromatic carbocycles. The van der Waals surface area contributed by atoms with Gasteiger partial charge in [0.25, 0.3) is 5.72 Å². The van der Waals surface area contributed by atoms with Crippen molar-refractivity contribution in [3.63, 3.8) is 0 Å². The van der Waals surface area contributed by atoms with Gasteiger partial charge in [0, 0.05) is 16.3 Å². The lowest BCUT2D eigenvalue weighted by Crippen LogP contribution is -2.46. The number of hydrogen-bond donors (Lipinski definition) is 1. The van der Waals surface area contributed by atoms with Crippen LogP contribution in [0.15, 0.2) is 54.6 Å². The first-order valence-electron chi connectivity index (χ1n) is 7.77. The monoisotopic (exact) mass is 345 g/mol. The summed E-state index contributed by atoms with van der Waals surface area (Å²) in [5, 5.41) is 13.4. The van der Waals surface area contributed by atoms with Gasteiger partial charge in [-0.2, -0.15) is 4.90 Å². The predicted molar refractivity (Wildman–Crippen MR) is 96.3 cm³/mol. The second-order valence-electron chi connectivity index (χ2n) is 5.90. The Bertz CT molecular complexity index is 747. The highest BCUT2D eigenvalue weighted by molar-refractivity contribution is 8.14. The molecule has 5 heteroatoms. The van der Waals surface area contributed by atoms with Crippen molar-refractivity contribution < 1.29 is 9.68 Å². The molecule has 118 valence electrons. The van der Waals surface area contributed by atoms with E-state index in [0.29, 0.717) is 11.6 Å². The third-order valence-electron chi connectivity index (χ3n) is 4.37. The van der Waals surface area contributed by atoms with Gasteiger partial charge in [-0.1, -0.05) is 41.9 Å². The maximum absolute atomic E-state index is 11.6. The summed E-state index contributed by atoms with van der Waals surface area (Å²) in [7, 11) is 0. The normalized spacial score (nSPS) is 24.0. The summed E-state index contributed by atoms with van der Waals surface area (Å²) < 4.78 is 2.29. The zero-order valence-electron chi connectivity index (χ0n) is 12.7. The van der Waals surface area contributed by atoms with Crippen LogP contribution in [-0.2, 0) is 5.72 Å². The van der Waals surface area contributed by atoms with Crippen molar-refractivity contribution in [2.45, 2.75) is 12.1 Å². The Balaban J connectivity index is 1.84. The van der Waals surface area contributed by atoms with Crippen molar-refractivity contribution in [3.05, 3.63) is 65.2 Å². The van der Waals surface area contributed by atoms with Crippen LogP contribution in [0.1, 0.15) is 12.0 Å². The van der Waals surface area contributed by atoms with Gasteiger partial charge in [0.05, 0.1) is 6.54 Å². The van der Waals surface area contributed by atoms with E-state index in [-0.39, 0.29) is 0 Å². The molecule has 0 amide bonds. The molecule has 1 unspecified atom stereocenters. The minimum absolute atomic E-state index is 0.575. The van der Waals surface area contributed by atoms with Crippen LogP contribution >= 0.6 is 23.4 Å². The average molecular weight is 346 g/mol. The Hall–Kier alpha value is -1.49. The molecule has 0 bridgehead atoms. The van der Waals surface area contributed by atoms with Gasteiger partial charge < -0.3 is 5.11 Å². The van der Waals surface area contributed by atoms with Crippen molar-refractivity contribution in [2.24, 2.45) is 0 Å². The Morgan fingerprint density at radius 2 is 1.83 bits per heavy atom. The molecule has 1 atom stereocenters. The molecule has 3 nitrogen and oxygen atoms in total. The molecule has 0 aliphatic carbocycles. The first-order chi connectivity index (χ1) is 11.2. The highest BCUT2D eigenvalue weighted by Crippen LogP contribution is 2.39. The fourth-order valence-corrected chi connectivity index (χ4v) is 4.60. The van der Waals surface area contributed by atoms with Gasteiger partial charge >= 0.3 is 5.17 Å². The van der Waals surface area contributed by atoms with E-state index < -0.39 is 5.72 Å².